The Kier molecular flexibility index (Phi) is 10.1. The Balaban J connectivity index is 0. The molecule has 0 aliphatic rings. The lowest BCUT2D eigenvalue weighted by atomic mass is 10.1. The fraction of sp³-hybridized carbons (Fsp3) is 0.900. The van der Waals surface area contributed by atoms with E-state index in [1.165, 1.54) is 11.8 Å². The number of hydrogen-bond acceptors (Lipinski definition) is 3. The number of amides is 1. The minimum absolute atomic E-state index is 0. The van der Waals surface area contributed by atoms with Gasteiger partial charge in [0.05, 0.1) is 18.3 Å². The fourth-order valence-corrected chi connectivity index (χ4v) is 2.12. The summed E-state index contributed by atoms with van der Waals surface area (Å²) in [6.45, 7) is 4.29. The van der Waals surface area contributed by atoms with Crippen molar-refractivity contribution in [3.63, 3.8) is 0 Å². The lowest BCUT2D eigenvalue weighted by Gasteiger charge is -2.21. The second-order valence-electron chi connectivity index (χ2n) is 3.90. The number of nitrogens with one attached hydrogen (secondary N) is 1. The van der Waals surface area contributed by atoms with E-state index in [9.17, 15) is 13.6 Å². The van der Waals surface area contributed by atoms with Gasteiger partial charge in [-0.25, -0.2) is 8.78 Å². The van der Waals surface area contributed by atoms with Crippen molar-refractivity contribution in [3.8, 4) is 0 Å². The molecule has 0 aliphatic carbocycles. The van der Waals surface area contributed by atoms with Crippen LogP contribution in [0.2, 0.25) is 0 Å². The highest BCUT2D eigenvalue weighted by Gasteiger charge is 2.29. The Hall–Kier alpha value is -0.0700. The van der Waals surface area contributed by atoms with Crippen LogP contribution in [0.15, 0.2) is 0 Å². The third-order valence-corrected chi connectivity index (χ3v) is 3.48. The first-order valence-corrected chi connectivity index (χ1v) is 6.36. The van der Waals surface area contributed by atoms with E-state index in [-0.39, 0.29) is 29.5 Å². The zero-order chi connectivity index (χ0) is 12.8. The van der Waals surface area contributed by atoms with Gasteiger partial charge in [-0.2, -0.15) is 0 Å². The molecule has 0 bridgehead atoms. The molecule has 1 amide bonds. The van der Waals surface area contributed by atoms with Crippen molar-refractivity contribution >= 4 is 30.1 Å². The molecule has 0 aromatic carbocycles. The summed E-state index contributed by atoms with van der Waals surface area (Å²) in [5, 5.41) is 1.97. The number of carbonyl (C=O) groups is 1. The van der Waals surface area contributed by atoms with Crippen LogP contribution in [-0.2, 0) is 4.79 Å². The molecule has 0 fully saturated rings. The van der Waals surface area contributed by atoms with E-state index in [1.807, 2.05) is 20.8 Å². The first-order chi connectivity index (χ1) is 7.34. The van der Waals surface area contributed by atoms with Gasteiger partial charge in [-0.05, 0) is 11.7 Å². The monoisotopic (exact) mass is 290 g/mol. The fourth-order valence-electron chi connectivity index (χ4n) is 1.14. The van der Waals surface area contributed by atoms with Crippen molar-refractivity contribution in [2.45, 2.75) is 31.9 Å². The topological polar surface area (TPSA) is 55.1 Å². The highest BCUT2D eigenvalue weighted by Crippen LogP contribution is 2.19. The lowest BCUT2D eigenvalue weighted by Crippen LogP contribution is -2.45. The smallest absolute Gasteiger partial charge is 0.277 e. The number of thioether (sulfide) groups is 1. The van der Waals surface area contributed by atoms with E-state index in [0.29, 0.717) is 0 Å². The second-order valence-corrected chi connectivity index (χ2v) is 5.32. The Morgan fingerprint density at radius 3 is 2.35 bits per heavy atom. The molecule has 1 unspecified atom stereocenters. The molecule has 0 saturated carbocycles. The largest absolute Gasteiger partial charge is 0.349 e. The van der Waals surface area contributed by atoms with E-state index in [2.05, 4.69) is 5.32 Å². The molecule has 104 valence electrons. The minimum Gasteiger partial charge on any atom is -0.349 e. The Morgan fingerprint density at radius 2 is 2.00 bits per heavy atom. The lowest BCUT2D eigenvalue weighted by molar-refractivity contribution is -0.123. The normalized spacial score (nSPS) is 13.1. The average molecular weight is 291 g/mol. The van der Waals surface area contributed by atoms with E-state index in [4.69, 9.17) is 5.73 Å². The van der Waals surface area contributed by atoms with Gasteiger partial charge in [-0.15, -0.1) is 24.2 Å². The summed E-state index contributed by atoms with van der Waals surface area (Å²) in [4.78, 5) is 11.6. The van der Waals surface area contributed by atoms with E-state index in [1.54, 1.807) is 0 Å². The molecule has 1 atom stereocenters. The SMILES string of the molecule is CCSC(C(=O)NCC(F)(F)CN)C(C)C.Cl. The molecule has 0 heterocycles. The molecule has 0 saturated heterocycles. The van der Waals surface area contributed by atoms with Crippen molar-refractivity contribution in [3.05, 3.63) is 0 Å². The second kappa shape index (κ2) is 8.94. The van der Waals surface area contributed by atoms with Crippen LogP contribution in [0, 0.1) is 5.92 Å². The number of nitrogens with two attached hydrogens (primary N) is 1. The van der Waals surface area contributed by atoms with Crippen LogP contribution in [0.25, 0.3) is 0 Å². The van der Waals surface area contributed by atoms with E-state index in [0.717, 1.165) is 5.75 Å². The maximum atomic E-state index is 12.8. The zero-order valence-electron chi connectivity index (χ0n) is 10.3. The van der Waals surface area contributed by atoms with Crippen LogP contribution in [0.4, 0.5) is 8.78 Å². The van der Waals surface area contributed by atoms with E-state index < -0.39 is 19.0 Å². The first-order valence-electron chi connectivity index (χ1n) is 5.31. The van der Waals surface area contributed by atoms with Crippen LogP contribution >= 0.6 is 24.2 Å². The van der Waals surface area contributed by atoms with Crippen LogP contribution in [-0.4, -0.2) is 35.9 Å². The summed E-state index contributed by atoms with van der Waals surface area (Å²) in [6, 6.07) is 0. The van der Waals surface area contributed by atoms with Gasteiger partial charge in [-0.3, -0.25) is 4.79 Å². The van der Waals surface area contributed by atoms with Gasteiger partial charge >= 0.3 is 0 Å². The summed E-state index contributed by atoms with van der Waals surface area (Å²) < 4.78 is 25.6. The average Bonchev–Trinajstić information content (AvgIpc) is 2.22. The third kappa shape index (κ3) is 7.78. The Morgan fingerprint density at radius 1 is 1.47 bits per heavy atom. The van der Waals surface area contributed by atoms with Crippen molar-refractivity contribution in [2.24, 2.45) is 11.7 Å². The van der Waals surface area contributed by atoms with Crippen LogP contribution in [0.3, 0.4) is 0 Å². The molecule has 0 aromatic rings. The van der Waals surface area contributed by atoms with Crippen molar-refractivity contribution < 1.29 is 13.6 Å². The van der Waals surface area contributed by atoms with Crippen LogP contribution in [0.5, 0.6) is 0 Å². The third-order valence-electron chi connectivity index (χ3n) is 2.03. The number of rotatable bonds is 7. The molecule has 0 aliphatic heterocycles. The number of halogens is 3. The molecule has 17 heavy (non-hydrogen) atoms. The van der Waals surface area contributed by atoms with Crippen molar-refractivity contribution in [1.82, 2.24) is 5.32 Å². The van der Waals surface area contributed by atoms with Gasteiger partial charge in [0.2, 0.25) is 5.91 Å². The van der Waals surface area contributed by atoms with Crippen molar-refractivity contribution in [1.29, 1.82) is 0 Å². The standard InChI is InChI=1S/C10H20F2N2OS.ClH/c1-4-16-8(7(2)3)9(15)14-6-10(11,12)5-13;/h7-8H,4-6,13H2,1-3H3,(H,14,15);1H. The summed E-state index contributed by atoms with van der Waals surface area (Å²) in [7, 11) is 0. The molecular weight excluding hydrogens is 270 g/mol. The molecule has 0 radical (unpaired) electrons. The maximum Gasteiger partial charge on any atom is 0.277 e. The van der Waals surface area contributed by atoms with Gasteiger partial charge in [0.25, 0.3) is 5.92 Å². The summed E-state index contributed by atoms with van der Waals surface area (Å²) >= 11 is 1.46. The van der Waals surface area contributed by atoms with Crippen LogP contribution < -0.4 is 11.1 Å². The first kappa shape index (κ1) is 19.3. The Bertz CT molecular complexity index is 230. The molecular formula is C10H21ClF2N2OS. The maximum absolute atomic E-state index is 12.8. The number of alkyl halides is 2. The molecule has 0 spiro atoms. The van der Waals surface area contributed by atoms with Gasteiger partial charge in [0.1, 0.15) is 0 Å². The van der Waals surface area contributed by atoms with Gasteiger partial charge < -0.3 is 11.1 Å². The molecule has 0 aromatic heterocycles. The van der Waals surface area contributed by atoms with Gasteiger partial charge in [-0.1, -0.05) is 20.8 Å². The number of carbonyl (C=O) groups excluding carboxylic acids is 1. The van der Waals surface area contributed by atoms with Crippen LogP contribution in [0.1, 0.15) is 20.8 Å². The highest BCUT2D eigenvalue weighted by atomic mass is 35.5. The Labute approximate surface area is 112 Å². The summed E-state index contributed by atoms with van der Waals surface area (Å²) in [5.41, 5.74) is 4.88. The van der Waals surface area contributed by atoms with Gasteiger partial charge in [0, 0.05) is 0 Å². The van der Waals surface area contributed by atoms with E-state index >= 15 is 0 Å². The molecule has 0 rings (SSSR count). The van der Waals surface area contributed by atoms with Gasteiger partial charge in [0.15, 0.2) is 0 Å². The summed E-state index contributed by atoms with van der Waals surface area (Å²) in [6.07, 6.45) is 0. The molecule has 7 heteroatoms. The quantitative estimate of drug-likeness (QED) is 0.753. The van der Waals surface area contributed by atoms with Crippen molar-refractivity contribution in [2.75, 3.05) is 18.8 Å². The predicted octanol–water partition coefficient (Wildman–Crippen LogP) is 1.90. The zero-order valence-corrected chi connectivity index (χ0v) is 12.0. The number of hydrogen-bond donors (Lipinski definition) is 2. The summed E-state index contributed by atoms with van der Waals surface area (Å²) in [5.74, 6) is -2.45. The molecule has 3 nitrogen and oxygen atoms in total. The predicted molar refractivity (Wildman–Crippen MR) is 71.0 cm³/mol. The minimum atomic E-state index is -3.02. The highest BCUT2D eigenvalue weighted by molar-refractivity contribution is 8.00. The molecule has 3 N–H and O–H groups in total.